The molecule has 1 aromatic carbocycles. The molecule has 0 radical (unpaired) electrons. The minimum atomic E-state index is -4.77. The van der Waals surface area contributed by atoms with Crippen LogP contribution in [0, 0.1) is 5.82 Å². The Balaban J connectivity index is 2.35. The second-order valence-corrected chi connectivity index (χ2v) is 5.73. The summed E-state index contributed by atoms with van der Waals surface area (Å²) in [6.07, 6.45) is -2.19. The number of aromatic amines is 1. The van der Waals surface area contributed by atoms with Crippen LogP contribution in [0.1, 0.15) is 11.1 Å². The Morgan fingerprint density at radius 3 is 2.68 bits per heavy atom. The molecule has 4 nitrogen and oxygen atoms in total. The van der Waals surface area contributed by atoms with E-state index in [0.29, 0.717) is 0 Å². The third-order valence-electron chi connectivity index (χ3n) is 4.28. The number of nitrogens with one attached hydrogen (secondary N) is 3. The number of H-pyrrole nitrogens is 1. The maximum atomic E-state index is 14.3. The van der Waals surface area contributed by atoms with Crippen molar-refractivity contribution in [3.05, 3.63) is 70.4 Å². The van der Waals surface area contributed by atoms with Crippen LogP contribution < -0.4 is 16.2 Å². The van der Waals surface area contributed by atoms with Crippen molar-refractivity contribution in [3.8, 4) is 0 Å². The van der Waals surface area contributed by atoms with Crippen molar-refractivity contribution < 1.29 is 17.6 Å². The maximum absolute atomic E-state index is 14.3. The topological polar surface area (TPSA) is 56.9 Å². The fraction of sp³-hybridized carbons (Fsp3) is 0.235. The first-order valence-corrected chi connectivity index (χ1v) is 7.49. The smallest absolute Gasteiger partial charge is 0.351 e. The van der Waals surface area contributed by atoms with Crippen LogP contribution in [0.2, 0.25) is 0 Å². The van der Waals surface area contributed by atoms with Gasteiger partial charge in [-0.05, 0) is 29.8 Å². The van der Waals surface area contributed by atoms with Crippen molar-refractivity contribution in [2.24, 2.45) is 0 Å². The molecule has 3 N–H and O–H groups in total. The number of rotatable bonds is 4. The van der Waals surface area contributed by atoms with E-state index in [4.69, 9.17) is 0 Å². The molecule has 0 fully saturated rings. The summed E-state index contributed by atoms with van der Waals surface area (Å²) in [6, 6.07) is 4.30. The third-order valence-corrected chi connectivity index (χ3v) is 4.28. The number of pyridine rings is 1. The Bertz CT molecular complexity index is 875. The number of benzene rings is 1. The van der Waals surface area contributed by atoms with Crippen LogP contribution in [0.25, 0.3) is 0 Å². The number of aromatic nitrogens is 1. The van der Waals surface area contributed by atoms with Gasteiger partial charge in [0.05, 0.1) is 0 Å². The molecule has 0 spiro atoms. The van der Waals surface area contributed by atoms with E-state index < -0.39 is 29.5 Å². The van der Waals surface area contributed by atoms with E-state index in [9.17, 15) is 22.4 Å². The van der Waals surface area contributed by atoms with E-state index in [-0.39, 0.29) is 29.0 Å². The summed E-state index contributed by atoms with van der Waals surface area (Å²) in [6.45, 7) is 3.05. The van der Waals surface area contributed by atoms with E-state index >= 15 is 0 Å². The molecule has 1 atom stereocenters. The highest BCUT2D eigenvalue weighted by molar-refractivity contribution is 5.76. The number of hydrogen-bond acceptors (Lipinski definition) is 3. The molecule has 2 aromatic rings. The number of alkyl halides is 3. The fourth-order valence-corrected chi connectivity index (χ4v) is 3.17. The van der Waals surface area contributed by atoms with Crippen LogP contribution in [-0.2, 0) is 5.41 Å². The van der Waals surface area contributed by atoms with Gasteiger partial charge in [0, 0.05) is 30.5 Å². The number of fused-ring (bicyclic) bond motifs is 2. The monoisotopic (exact) mass is 353 g/mol. The first-order chi connectivity index (χ1) is 11.8. The van der Waals surface area contributed by atoms with Gasteiger partial charge in [-0.15, -0.1) is 6.58 Å². The molecule has 0 aliphatic carbocycles. The van der Waals surface area contributed by atoms with Crippen molar-refractivity contribution in [2.45, 2.75) is 11.6 Å². The normalized spacial score (nSPS) is 18.9. The Hall–Kier alpha value is -2.61. The fourth-order valence-electron chi connectivity index (χ4n) is 3.17. The first-order valence-electron chi connectivity index (χ1n) is 7.49. The summed E-state index contributed by atoms with van der Waals surface area (Å²) < 4.78 is 56.7. The number of anilines is 2. The van der Waals surface area contributed by atoms with E-state index in [2.05, 4.69) is 22.2 Å². The Morgan fingerprint density at radius 1 is 1.24 bits per heavy atom. The van der Waals surface area contributed by atoms with Gasteiger partial charge in [-0.1, -0.05) is 6.08 Å². The van der Waals surface area contributed by atoms with Gasteiger partial charge in [0.25, 0.3) is 5.56 Å². The van der Waals surface area contributed by atoms with Crippen molar-refractivity contribution in [1.82, 2.24) is 10.3 Å². The van der Waals surface area contributed by atoms with E-state index in [1.54, 1.807) is 0 Å². The highest BCUT2D eigenvalue weighted by atomic mass is 19.4. The Labute approximate surface area is 140 Å². The third kappa shape index (κ3) is 2.62. The molecule has 8 heteroatoms. The molecule has 0 saturated carbocycles. The molecular formula is C17H15F4N3O. The standard InChI is InChI=1S/C17H15F4N3O/c1-2-6-22-9-16(17(19,20)21)11-5-7-23-15(25)14(11)24-13-4-3-10(18)8-12(13)16/h2-5,7-8,22,24H,1,6,9H2,(H,23,25). The molecule has 1 unspecified atom stereocenters. The summed E-state index contributed by atoms with van der Waals surface area (Å²) in [5.41, 5.74) is -3.91. The average molecular weight is 353 g/mol. The molecule has 0 amide bonds. The van der Waals surface area contributed by atoms with Crippen LogP contribution in [0.5, 0.6) is 0 Å². The van der Waals surface area contributed by atoms with Crippen molar-refractivity contribution in [2.75, 3.05) is 18.4 Å². The van der Waals surface area contributed by atoms with Crippen LogP contribution >= 0.6 is 0 Å². The number of hydrogen-bond donors (Lipinski definition) is 3. The maximum Gasteiger partial charge on any atom is 0.403 e. The zero-order chi connectivity index (χ0) is 18.2. The lowest BCUT2D eigenvalue weighted by molar-refractivity contribution is -0.177. The number of halogens is 4. The summed E-state index contributed by atoms with van der Waals surface area (Å²) in [7, 11) is 0. The van der Waals surface area contributed by atoms with Gasteiger partial charge in [0.2, 0.25) is 0 Å². The highest BCUT2D eigenvalue weighted by Crippen LogP contribution is 2.53. The average Bonchev–Trinajstić information content (AvgIpc) is 2.54. The van der Waals surface area contributed by atoms with Gasteiger partial charge in [-0.25, -0.2) is 4.39 Å². The summed E-state index contributed by atoms with van der Waals surface area (Å²) in [5, 5.41) is 5.37. The van der Waals surface area contributed by atoms with Crippen LogP contribution in [-0.4, -0.2) is 24.2 Å². The van der Waals surface area contributed by atoms with E-state index in [1.165, 1.54) is 18.2 Å². The molecule has 3 rings (SSSR count). The zero-order valence-corrected chi connectivity index (χ0v) is 13.0. The van der Waals surface area contributed by atoms with Gasteiger partial charge in [0.1, 0.15) is 16.9 Å². The minimum absolute atomic E-state index is 0.0447. The van der Waals surface area contributed by atoms with Gasteiger partial charge in [-0.3, -0.25) is 4.79 Å². The second kappa shape index (κ2) is 6.03. The molecule has 2 heterocycles. The van der Waals surface area contributed by atoms with E-state index in [0.717, 1.165) is 18.3 Å². The summed E-state index contributed by atoms with van der Waals surface area (Å²) >= 11 is 0. The molecule has 25 heavy (non-hydrogen) atoms. The van der Waals surface area contributed by atoms with Crippen LogP contribution in [0.4, 0.5) is 28.9 Å². The molecule has 1 aliphatic heterocycles. The predicted octanol–water partition coefficient (Wildman–Crippen LogP) is 3.20. The molecular weight excluding hydrogens is 338 g/mol. The highest BCUT2D eigenvalue weighted by Gasteiger charge is 2.60. The molecule has 0 saturated heterocycles. The quantitative estimate of drug-likeness (QED) is 0.450. The lowest BCUT2D eigenvalue weighted by Gasteiger charge is -2.42. The lowest BCUT2D eigenvalue weighted by Crippen LogP contribution is -2.53. The second-order valence-electron chi connectivity index (χ2n) is 5.73. The molecule has 1 aromatic heterocycles. The van der Waals surface area contributed by atoms with Gasteiger partial charge < -0.3 is 15.6 Å². The first kappa shape index (κ1) is 17.2. The van der Waals surface area contributed by atoms with E-state index in [1.807, 2.05) is 0 Å². The molecule has 0 bridgehead atoms. The zero-order valence-electron chi connectivity index (χ0n) is 13.0. The Morgan fingerprint density at radius 2 is 2.00 bits per heavy atom. The van der Waals surface area contributed by atoms with Crippen LogP contribution in [0.15, 0.2) is 47.9 Å². The van der Waals surface area contributed by atoms with Crippen molar-refractivity contribution in [1.29, 1.82) is 0 Å². The molecule has 132 valence electrons. The summed E-state index contributed by atoms with van der Waals surface area (Å²) in [4.78, 5) is 14.5. The van der Waals surface area contributed by atoms with Crippen molar-refractivity contribution in [3.63, 3.8) is 0 Å². The van der Waals surface area contributed by atoms with Crippen molar-refractivity contribution >= 4 is 11.4 Å². The SMILES string of the molecule is C=CCNCC1(C(F)(F)F)c2cc(F)ccc2Nc2c1cc[nH]c2=O. The largest absolute Gasteiger partial charge is 0.403 e. The predicted molar refractivity (Wildman–Crippen MR) is 86.6 cm³/mol. The van der Waals surface area contributed by atoms with Gasteiger partial charge >= 0.3 is 6.18 Å². The van der Waals surface area contributed by atoms with Gasteiger partial charge in [0.15, 0.2) is 0 Å². The van der Waals surface area contributed by atoms with Crippen LogP contribution in [0.3, 0.4) is 0 Å². The van der Waals surface area contributed by atoms with Gasteiger partial charge in [-0.2, -0.15) is 13.2 Å². The molecule has 1 aliphatic rings. The minimum Gasteiger partial charge on any atom is -0.351 e. The Kier molecular flexibility index (Phi) is 4.16. The lowest BCUT2D eigenvalue weighted by atomic mass is 9.70. The summed E-state index contributed by atoms with van der Waals surface area (Å²) in [5.74, 6) is -0.786.